The summed E-state index contributed by atoms with van der Waals surface area (Å²) in [6.45, 7) is 3.49. The summed E-state index contributed by atoms with van der Waals surface area (Å²) < 4.78 is 0. The number of rotatable bonds is 5. The van der Waals surface area contributed by atoms with E-state index in [9.17, 15) is 14.4 Å². The molecule has 6 heteroatoms. The Hall–Kier alpha value is -2.37. The van der Waals surface area contributed by atoms with E-state index < -0.39 is 11.6 Å². The van der Waals surface area contributed by atoms with Crippen molar-refractivity contribution < 1.29 is 14.4 Å². The first-order valence-electron chi connectivity index (χ1n) is 7.97. The SMILES string of the molecule is CCc1ccccc1NC(=O)CN1C(=O)N[C@](C)(C2CC2)C1=O. The van der Waals surface area contributed by atoms with Gasteiger partial charge in [0.1, 0.15) is 12.1 Å². The predicted molar refractivity (Wildman–Crippen MR) is 85.8 cm³/mol. The average Bonchev–Trinajstić information content (AvgIpc) is 3.34. The van der Waals surface area contributed by atoms with E-state index in [2.05, 4.69) is 10.6 Å². The molecule has 1 aromatic rings. The summed E-state index contributed by atoms with van der Waals surface area (Å²) in [5.41, 5.74) is 0.886. The molecule has 0 aromatic heterocycles. The maximum Gasteiger partial charge on any atom is 0.325 e. The lowest BCUT2D eigenvalue weighted by Crippen LogP contribution is -2.46. The molecule has 3 rings (SSSR count). The molecule has 1 saturated carbocycles. The Morgan fingerprint density at radius 1 is 1.35 bits per heavy atom. The Kier molecular flexibility index (Phi) is 3.83. The number of urea groups is 1. The molecular weight excluding hydrogens is 294 g/mol. The van der Waals surface area contributed by atoms with Crippen LogP contribution in [0.15, 0.2) is 24.3 Å². The maximum atomic E-state index is 12.5. The first kappa shape index (κ1) is 15.5. The molecule has 0 bridgehead atoms. The van der Waals surface area contributed by atoms with Gasteiger partial charge in [-0.15, -0.1) is 0 Å². The fraction of sp³-hybridized carbons (Fsp3) is 0.471. The fourth-order valence-electron chi connectivity index (χ4n) is 3.08. The van der Waals surface area contributed by atoms with Gasteiger partial charge in [-0.25, -0.2) is 4.79 Å². The molecule has 0 spiro atoms. The number of carbonyl (C=O) groups is 3. The molecule has 1 saturated heterocycles. The predicted octanol–water partition coefficient (Wildman–Crippen LogP) is 1.91. The largest absolute Gasteiger partial charge is 0.325 e. The number of nitrogens with one attached hydrogen (secondary N) is 2. The molecule has 1 heterocycles. The van der Waals surface area contributed by atoms with Gasteiger partial charge in [0.25, 0.3) is 5.91 Å². The van der Waals surface area contributed by atoms with Crippen LogP contribution in [0, 0.1) is 5.92 Å². The third kappa shape index (κ3) is 2.81. The summed E-state index contributed by atoms with van der Waals surface area (Å²) in [5.74, 6) is -0.480. The normalized spacial score (nSPS) is 23.8. The number of amides is 4. The smallest absolute Gasteiger partial charge is 0.324 e. The van der Waals surface area contributed by atoms with Crippen molar-refractivity contribution in [3.63, 3.8) is 0 Å². The topological polar surface area (TPSA) is 78.5 Å². The number of hydrogen-bond acceptors (Lipinski definition) is 3. The van der Waals surface area contributed by atoms with Crippen molar-refractivity contribution in [2.24, 2.45) is 5.92 Å². The molecule has 1 aromatic carbocycles. The van der Waals surface area contributed by atoms with Crippen molar-refractivity contribution in [1.82, 2.24) is 10.2 Å². The molecule has 0 radical (unpaired) electrons. The first-order chi connectivity index (χ1) is 11.0. The fourth-order valence-corrected chi connectivity index (χ4v) is 3.08. The number of carbonyl (C=O) groups excluding carboxylic acids is 3. The zero-order chi connectivity index (χ0) is 16.6. The second kappa shape index (κ2) is 5.68. The van der Waals surface area contributed by atoms with E-state index in [0.29, 0.717) is 0 Å². The third-order valence-electron chi connectivity index (χ3n) is 4.67. The van der Waals surface area contributed by atoms with Crippen LogP contribution in [-0.4, -0.2) is 34.8 Å². The standard InChI is InChI=1S/C17H21N3O3/c1-3-11-6-4-5-7-13(11)18-14(21)10-20-15(22)17(2,12-8-9-12)19-16(20)23/h4-7,12H,3,8-10H2,1-2H3,(H,18,21)(H,19,23)/t17-/m1/s1. The van der Waals surface area contributed by atoms with Crippen molar-refractivity contribution in [2.75, 3.05) is 11.9 Å². The number of imide groups is 1. The van der Waals surface area contributed by atoms with Crippen LogP contribution >= 0.6 is 0 Å². The van der Waals surface area contributed by atoms with Gasteiger partial charge < -0.3 is 10.6 Å². The monoisotopic (exact) mass is 315 g/mol. The summed E-state index contributed by atoms with van der Waals surface area (Å²) in [5, 5.41) is 5.53. The molecule has 122 valence electrons. The highest BCUT2D eigenvalue weighted by Gasteiger charge is 2.56. The van der Waals surface area contributed by atoms with E-state index >= 15 is 0 Å². The van der Waals surface area contributed by atoms with E-state index in [0.717, 1.165) is 35.4 Å². The zero-order valence-electron chi connectivity index (χ0n) is 13.4. The molecular formula is C17H21N3O3. The Bertz CT molecular complexity index is 669. The number of aryl methyl sites for hydroxylation is 1. The van der Waals surface area contributed by atoms with Gasteiger partial charge in [-0.2, -0.15) is 0 Å². The number of nitrogens with zero attached hydrogens (tertiary/aromatic N) is 1. The lowest BCUT2D eigenvalue weighted by molar-refractivity contribution is -0.134. The minimum absolute atomic E-state index is 0.188. The van der Waals surface area contributed by atoms with Gasteiger partial charge in [-0.1, -0.05) is 25.1 Å². The molecule has 2 fully saturated rings. The Labute approximate surface area is 135 Å². The second-order valence-electron chi connectivity index (χ2n) is 6.36. The van der Waals surface area contributed by atoms with Crippen LogP contribution in [0.4, 0.5) is 10.5 Å². The molecule has 2 N–H and O–H groups in total. The molecule has 2 aliphatic rings. The molecule has 1 aliphatic heterocycles. The van der Waals surface area contributed by atoms with Crippen LogP contribution in [0.2, 0.25) is 0 Å². The highest BCUT2D eigenvalue weighted by atomic mass is 16.2. The number of anilines is 1. The quantitative estimate of drug-likeness (QED) is 0.815. The van der Waals surface area contributed by atoms with Gasteiger partial charge >= 0.3 is 6.03 Å². The first-order valence-corrected chi connectivity index (χ1v) is 7.97. The number of hydrogen-bond donors (Lipinski definition) is 2. The average molecular weight is 315 g/mol. The van der Waals surface area contributed by atoms with Gasteiger partial charge in [-0.05, 0) is 43.7 Å². The Morgan fingerprint density at radius 3 is 2.70 bits per heavy atom. The van der Waals surface area contributed by atoms with E-state index in [1.54, 1.807) is 6.92 Å². The highest BCUT2D eigenvalue weighted by Crippen LogP contribution is 2.42. The summed E-state index contributed by atoms with van der Waals surface area (Å²) in [6, 6.07) is 7.02. The van der Waals surface area contributed by atoms with Gasteiger partial charge in [0.05, 0.1) is 0 Å². The number of para-hydroxylation sites is 1. The van der Waals surface area contributed by atoms with E-state index in [1.807, 2.05) is 31.2 Å². The number of benzene rings is 1. The van der Waals surface area contributed by atoms with Gasteiger partial charge in [-0.3, -0.25) is 14.5 Å². The second-order valence-corrected chi connectivity index (χ2v) is 6.36. The molecule has 23 heavy (non-hydrogen) atoms. The Balaban J connectivity index is 1.68. The summed E-state index contributed by atoms with van der Waals surface area (Å²) in [7, 11) is 0. The van der Waals surface area contributed by atoms with Crippen molar-refractivity contribution in [1.29, 1.82) is 0 Å². The highest BCUT2D eigenvalue weighted by molar-refractivity contribution is 6.10. The van der Waals surface area contributed by atoms with Crippen LogP contribution < -0.4 is 10.6 Å². The van der Waals surface area contributed by atoms with Crippen molar-refractivity contribution >= 4 is 23.5 Å². The Morgan fingerprint density at radius 2 is 2.04 bits per heavy atom. The zero-order valence-corrected chi connectivity index (χ0v) is 13.4. The summed E-state index contributed by atoms with van der Waals surface area (Å²) in [4.78, 5) is 37.8. The molecule has 0 unspecified atom stereocenters. The van der Waals surface area contributed by atoms with E-state index in [4.69, 9.17) is 0 Å². The molecule has 1 atom stereocenters. The van der Waals surface area contributed by atoms with Crippen molar-refractivity contribution in [3.05, 3.63) is 29.8 Å². The molecule has 6 nitrogen and oxygen atoms in total. The maximum absolute atomic E-state index is 12.5. The minimum atomic E-state index is -0.849. The molecule has 4 amide bonds. The molecule has 1 aliphatic carbocycles. The van der Waals surface area contributed by atoms with Crippen LogP contribution in [0.5, 0.6) is 0 Å². The minimum Gasteiger partial charge on any atom is -0.324 e. The van der Waals surface area contributed by atoms with Gasteiger partial charge in [0.2, 0.25) is 5.91 Å². The van der Waals surface area contributed by atoms with Gasteiger partial charge in [0.15, 0.2) is 0 Å². The van der Waals surface area contributed by atoms with Crippen LogP contribution in [-0.2, 0) is 16.0 Å². The van der Waals surface area contributed by atoms with Crippen LogP contribution in [0.1, 0.15) is 32.3 Å². The summed E-state index contributed by atoms with van der Waals surface area (Å²) >= 11 is 0. The van der Waals surface area contributed by atoms with E-state index in [-0.39, 0.29) is 24.3 Å². The lowest BCUT2D eigenvalue weighted by atomic mass is 9.96. The summed E-state index contributed by atoms with van der Waals surface area (Å²) in [6.07, 6.45) is 2.66. The van der Waals surface area contributed by atoms with E-state index in [1.165, 1.54) is 0 Å². The third-order valence-corrected chi connectivity index (χ3v) is 4.67. The van der Waals surface area contributed by atoms with Crippen molar-refractivity contribution in [2.45, 2.75) is 38.6 Å². The van der Waals surface area contributed by atoms with Crippen LogP contribution in [0.3, 0.4) is 0 Å². The van der Waals surface area contributed by atoms with Crippen LogP contribution in [0.25, 0.3) is 0 Å². The lowest BCUT2D eigenvalue weighted by Gasteiger charge is -2.20. The van der Waals surface area contributed by atoms with Gasteiger partial charge in [0, 0.05) is 5.69 Å². The van der Waals surface area contributed by atoms with Crippen molar-refractivity contribution in [3.8, 4) is 0 Å².